The lowest BCUT2D eigenvalue weighted by molar-refractivity contribution is -0.140. The summed E-state index contributed by atoms with van der Waals surface area (Å²) in [6.45, 7) is 1.59. The molecule has 2 amide bonds. The Balaban J connectivity index is 1.22. The summed E-state index contributed by atoms with van der Waals surface area (Å²) in [6, 6.07) is 18.9. The number of carbonyl (C=O) groups excluding carboxylic acids is 2. The first-order valence-corrected chi connectivity index (χ1v) is 14.7. The Morgan fingerprint density at radius 2 is 1.90 bits per heavy atom. The summed E-state index contributed by atoms with van der Waals surface area (Å²) in [5.41, 5.74) is 5.95. The molecule has 10 heteroatoms. The van der Waals surface area contributed by atoms with Gasteiger partial charge in [0.15, 0.2) is 0 Å². The molecule has 2 aliphatic heterocycles. The standard InChI is InChI=1S/C31H33BrN6O3/c1-37-27-10-5-20(14-26(27)35-36-37)17-34-30(39)28-15-21(13-19-3-7-24(41-2)8-4-19)18-38(28)31(40)29-25-9-6-23(32)16-22(25)11-12-33-29/h3-10,14,16,21,28-29,33H,11-13,15,17-18H2,1-2H3,(H,34,39)/t21-,28+,29?/m1/s1. The molecule has 1 fully saturated rings. The van der Waals surface area contributed by atoms with Crippen molar-refractivity contribution in [2.75, 3.05) is 20.2 Å². The average molecular weight is 618 g/mol. The molecular weight excluding hydrogens is 584 g/mol. The lowest BCUT2D eigenvalue weighted by Gasteiger charge is -2.32. The maximum atomic E-state index is 14.1. The van der Waals surface area contributed by atoms with Crippen molar-refractivity contribution in [3.05, 3.63) is 87.4 Å². The summed E-state index contributed by atoms with van der Waals surface area (Å²) in [4.78, 5) is 29.6. The van der Waals surface area contributed by atoms with Gasteiger partial charge in [0.2, 0.25) is 11.8 Å². The van der Waals surface area contributed by atoms with Crippen molar-refractivity contribution in [1.29, 1.82) is 0 Å². The Hall–Kier alpha value is -3.76. The van der Waals surface area contributed by atoms with Crippen molar-refractivity contribution in [2.24, 2.45) is 13.0 Å². The molecule has 212 valence electrons. The second kappa shape index (κ2) is 11.6. The Bertz CT molecular complexity index is 1590. The van der Waals surface area contributed by atoms with Gasteiger partial charge in [0, 0.05) is 31.2 Å². The Morgan fingerprint density at radius 1 is 1.10 bits per heavy atom. The zero-order chi connectivity index (χ0) is 28.5. The van der Waals surface area contributed by atoms with Crippen LogP contribution in [0.2, 0.25) is 0 Å². The predicted octanol–water partition coefficient (Wildman–Crippen LogP) is 3.70. The number of nitrogens with one attached hydrogen (secondary N) is 2. The first-order valence-electron chi connectivity index (χ1n) is 13.9. The van der Waals surface area contributed by atoms with Crippen LogP contribution in [-0.2, 0) is 36.0 Å². The maximum absolute atomic E-state index is 14.1. The van der Waals surface area contributed by atoms with Crippen LogP contribution in [0.1, 0.15) is 34.7 Å². The van der Waals surface area contributed by atoms with E-state index in [0.29, 0.717) is 26.1 Å². The van der Waals surface area contributed by atoms with E-state index < -0.39 is 12.1 Å². The fourth-order valence-electron chi connectivity index (χ4n) is 6.08. The zero-order valence-electron chi connectivity index (χ0n) is 23.1. The molecule has 4 aromatic rings. The van der Waals surface area contributed by atoms with Crippen molar-refractivity contribution < 1.29 is 14.3 Å². The highest BCUT2D eigenvalue weighted by molar-refractivity contribution is 9.10. The number of nitrogens with zero attached hydrogens (tertiary/aromatic N) is 4. The van der Waals surface area contributed by atoms with Gasteiger partial charge in [-0.3, -0.25) is 9.59 Å². The normalized spacial score (nSPS) is 20.2. The molecular formula is C31H33BrN6O3. The van der Waals surface area contributed by atoms with Crippen molar-refractivity contribution in [1.82, 2.24) is 30.5 Å². The van der Waals surface area contributed by atoms with Gasteiger partial charge in [-0.2, -0.15) is 0 Å². The summed E-state index contributed by atoms with van der Waals surface area (Å²) in [5.74, 6) is 0.780. The predicted molar refractivity (Wildman–Crippen MR) is 159 cm³/mol. The zero-order valence-corrected chi connectivity index (χ0v) is 24.7. The number of hydrogen-bond acceptors (Lipinski definition) is 6. The average Bonchev–Trinajstić information content (AvgIpc) is 3.58. The summed E-state index contributed by atoms with van der Waals surface area (Å²) in [6.07, 6.45) is 2.24. The van der Waals surface area contributed by atoms with Crippen molar-refractivity contribution in [3.8, 4) is 5.75 Å². The molecule has 41 heavy (non-hydrogen) atoms. The van der Waals surface area contributed by atoms with E-state index in [0.717, 1.165) is 56.4 Å². The number of rotatable bonds is 7. The second-order valence-corrected chi connectivity index (χ2v) is 11.8. The number of aryl methyl sites for hydroxylation is 1. The quantitative estimate of drug-likeness (QED) is 0.328. The number of ether oxygens (including phenoxy) is 1. The summed E-state index contributed by atoms with van der Waals surface area (Å²) in [5, 5.41) is 14.8. The SMILES string of the molecule is COc1ccc(C[C@@H]2C[C@@H](C(=O)NCc3ccc4c(c3)nnn4C)N(C(=O)C3NCCc4cc(Br)ccc43)C2)cc1. The van der Waals surface area contributed by atoms with Crippen LogP contribution in [0.3, 0.4) is 0 Å². The molecule has 3 atom stereocenters. The third-order valence-corrected chi connectivity index (χ3v) is 8.70. The van der Waals surface area contributed by atoms with E-state index in [1.54, 1.807) is 16.7 Å². The molecule has 1 saturated heterocycles. The molecule has 3 aromatic carbocycles. The van der Waals surface area contributed by atoms with E-state index in [2.05, 4.69) is 55.1 Å². The number of methoxy groups -OCH3 is 1. The number of benzene rings is 3. The van der Waals surface area contributed by atoms with E-state index in [9.17, 15) is 9.59 Å². The molecule has 3 heterocycles. The number of carbonyl (C=O) groups is 2. The fraction of sp³-hybridized carbons (Fsp3) is 0.355. The van der Waals surface area contributed by atoms with Crippen molar-refractivity contribution >= 4 is 38.8 Å². The minimum atomic E-state index is -0.548. The summed E-state index contributed by atoms with van der Waals surface area (Å²) in [7, 11) is 3.50. The molecule has 1 unspecified atom stereocenters. The van der Waals surface area contributed by atoms with Gasteiger partial charge >= 0.3 is 0 Å². The van der Waals surface area contributed by atoms with Gasteiger partial charge in [0.1, 0.15) is 23.3 Å². The smallest absolute Gasteiger partial charge is 0.245 e. The van der Waals surface area contributed by atoms with E-state index in [1.165, 1.54) is 0 Å². The third kappa shape index (κ3) is 5.71. The van der Waals surface area contributed by atoms with E-state index in [1.807, 2.05) is 49.5 Å². The first-order chi connectivity index (χ1) is 19.9. The largest absolute Gasteiger partial charge is 0.497 e. The Labute approximate surface area is 247 Å². The van der Waals surface area contributed by atoms with Gasteiger partial charge in [-0.25, -0.2) is 4.68 Å². The number of halogens is 1. The lowest BCUT2D eigenvalue weighted by Crippen LogP contribution is -2.50. The van der Waals surface area contributed by atoms with Crippen LogP contribution in [0.15, 0.2) is 65.1 Å². The number of fused-ring (bicyclic) bond motifs is 2. The molecule has 2 N–H and O–H groups in total. The Morgan fingerprint density at radius 3 is 2.71 bits per heavy atom. The lowest BCUT2D eigenvalue weighted by atomic mass is 9.93. The number of amides is 2. The molecule has 0 bridgehead atoms. The van der Waals surface area contributed by atoms with Crippen LogP contribution in [0, 0.1) is 5.92 Å². The number of aromatic nitrogens is 3. The minimum absolute atomic E-state index is 0.0494. The number of likely N-dealkylation sites (tertiary alicyclic amines) is 1. The monoisotopic (exact) mass is 616 g/mol. The highest BCUT2D eigenvalue weighted by atomic mass is 79.9. The van der Waals surface area contributed by atoms with Gasteiger partial charge in [-0.05, 0) is 83.8 Å². The highest BCUT2D eigenvalue weighted by Gasteiger charge is 2.42. The van der Waals surface area contributed by atoms with E-state index >= 15 is 0 Å². The van der Waals surface area contributed by atoms with Crippen molar-refractivity contribution in [2.45, 2.75) is 37.9 Å². The van der Waals surface area contributed by atoms with Crippen molar-refractivity contribution in [3.63, 3.8) is 0 Å². The molecule has 0 saturated carbocycles. The van der Waals surface area contributed by atoms with E-state index in [4.69, 9.17) is 4.74 Å². The highest BCUT2D eigenvalue weighted by Crippen LogP contribution is 2.33. The molecule has 2 aliphatic rings. The van der Waals surface area contributed by atoms with Crippen LogP contribution >= 0.6 is 15.9 Å². The van der Waals surface area contributed by atoms with Crippen LogP contribution < -0.4 is 15.4 Å². The minimum Gasteiger partial charge on any atom is -0.497 e. The van der Waals surface area contributed by atoms with Gasteiger partial charge in [-0.15, -0.1) is 5.10 Å². The van der Waals surface area contributed by atoms with E-state index in [-0.39, 0.29) is 17.7 Å². The maximum Gasteiger partial charge on any atom is 0.245 e. The van der Waals surface area contributed by atoms with Gasteiger partial charge in [-0.1, -0.05) is 45.4 Å². The first kappa shape index (κ1) is 27.4. The van der Waals surface area contributed by atoms with Crippen LogP contribution in [-0.4, -0.2) is 57.9 Å². The van der Waals surface area contributed by atoms with Crippen LogP contribution in [0.5, 0.6) is 5.75 Å². The molecule has 0 spiro atoms. The van der Waals surface area contributed by atoms with Gasteiger partial charge in [0.25, 0.3) is 0 Å². The van der Waals surface area contributed by atoms with Gasteiger partial charge in [0.05, 0.1) is 12.6 Å². The third-order valence-electron chi connectivity index (χ3n) is 8.20. The molecule has 6 rings (SSSR count). The topological polar surface area (TPSA) is 101 Å². The van der Waals surface area contributed by atoms with Crippen LogP contribution in [0.25, 0.3) is 11.0 Å². The molecule has 1 aromatic heterocycles. The summed E-state index contributed by atoms with van der Waals surface area (Å²) < 4.78 is 8.03. The van der Waals surface area contributed by atoms with Gasteiger partial charge < -0.3 is 20.3 Å². The molecule has 0 aliphatic carbocycles. The second-order valence-electron chi connectivity index (χ2n) is 10.9. The molecule has 9 nitrogen and oxygen atoms in total. The Kier molecular flexibility index (Phi) is 7.77. The molecule has 0 radical (unpaired) electrons. The summed E-state index contributed by atoms with van der Waals surface area (Å²) >= 11 is 3.56. The van der Waals surface area contributed by atoms with Crippen LogP contribution in [0.4, 0.5) is 0 Å². The number of hydrogen-bond donors (Lipinski definition) is 2. The fourth-order valence-corrected chi connectivity index (χ4v) is 6.49.